The summed E-state index contributed by atoms with van der Waals surface area (Å²) in [4.78, 5) is 12.8. The van der Waals surface area contributed by atoms with Gasteiger partial charge >= 0.3 is 5.97 Å². The molecule has 0 aliphatic rings. The zero-order valence-corrected chi connectivity index (χ0v) is 17.0. The van der Waals surface area contributed by atoms with Gasteiger partial charge < -0.3 is 9.47 Å². The van der Waals surface area contributed by atoms with Crippen LogP contribution in [0.15, 0.2) is 11.6 Å². The third-order valence-corrected chi connectivity index (χ3v) is 4.65. The van der Waals surface area contributed by atoms with Crippen molar-refractivity contribution in [3.8, 4) is 0 Å². The lowest BCUT2D eigenvalue weighted by atomic mass is 9.77. The summed E-state index contributed by atoms with van der Waals surface area (Å²) in [5.74, 6) is 0.0180. The fraction of sp³-hybridized carbons (Fsp3) is 0.850. The van der Waals surface area contributed by atoms with Gasteiger partial charge in [0.25, 0.3) is 0 Å². The summed E-state index contributed by atoms with van der Waals surface area (Å²) in [6.07, 6.45) is 3.66. The Balaban J connectivity index is 4.87. The van der Waals surface area contributed by atoms with Crippen molar-refractivity contribution in [3.63, 3.8) is 0 Å². The van der Waals surface area contributed by atoms with Crippen molar-refractivity contribution in [3.05, 3.63) is 11.6 Å². The van der Waals surface area contributed by atoms with E-state index in [0.29, 0.717) is 13.0 Å². The minimum Gasteiger partial charge on any atom is -0.459 e. The number of carbonyl (C=O) groups excluding carboxylic acids is 1. The molecule has 0 amide bonds. The predicted octanol–water partition coefficient (Wildman–Crippen LogP) is 5.53. The molecule has 0 saturated carbocycles. The van der Waals surface area contributed by atoms with E-state index < -0.39 is 11.0 Å². The van der Waals surface area contributed by atoms with E-state index in [1.165, 1.54) is 0 Å². The summed E-state index contributed by atoms with van der Waals surface area (Å²) < 4.78 is 11.7. The molecule has 1 atom stereocenters. The van der Waals surface area contributed by atoms with Gasteiger partial charge in [0.1, 0.15) is 5.60 Å². The zero-order valence-electron chi connectivity index (χ0n) is 17.0. The average molecular weight is 327 g/mol. The molecule has 0 saturated heterocycles. The van der Waals surface area contributed by atoms with Crippen LogP contribution in [0.3, 0.4) is 0 Å². The van der Waals surface area contributed by atoms with Gasteiger partial charge in [-0.15, -0.1) is 0 Å². The lowest BCUT2D eigenvalue weighted by Gasteiger charge is -2.35. The van der Waals surface area contributed by atoms with Crippen LogP contribution in [0.5, 0.6) is 0 Å². The second kappa shape index (κ2) is 8.32. The molecule has 0 bridgehead atoms. The van der Waals surface area contributed by atoms with Crippen molar-refractivity contribution in [1.82, 2.24) is 0 Å². The van der Waals surface area contributed by atoms with Crippen LogP contribution in [0.25, 0.3) is 0 Å². The van der Waals surface area contributed by atoms with E-state index >= 15 is 0 Å². The monoisotopic (exact) mass is 326 g/mol. The van der Waals surface area contributed by atoms with Crippen LogP contribution in [-0.4, -0.2) is 23.8 Å². The van der Waals surface area contributed by atoms with Crippen molar-refractivity contribution >= 4 is 5.97 Å². The number of allylic oxidation sites excluding steroid dienone is 1. The third-order valence-electron chi connectivity index (χ3n) is 4.65. The molecule has 0 aromatic carbocycles. The molecule has 0 rings (SSSR count). The first-order valence-electron chi connectivity index (χ1n) is 8.79. The number of ether oxygens (including phenoxy) is 2. The molecular weight excluding hydrogens is 288 g/mol. The Hall–Kier alpha value is -0.830. The van der Waals surface area contributed by atoms with Crippen LogP contribution in [0.4, 0.5) is 0 Å². The van der Waals surface area contributed by atoms with E-state index in [-0.39, 0.29) is 17.5 Å². The minimum atomic E-state index is -0.598. The standard InChI is InChI=1S/C20H38O3/c1-11-18(6,7)22-13-12-19(8,9)23-17(21)20(10,16(4)5)14-15(2)3/h14,16H,11-13H2,1-10H3. The van der Waals surface area contributed by atoms with E-state index in [9.17, 15) is 4.79 Å². The summed E-state index contributed by atoms with van der Waals surface area (Å²) in [5.41, 5.74) is -0.134. The summed E-state index contributed by atoms with van der Waals surface area (Å²) in [5, 5.41) is 0. The summed E-state index contributed by atoms with van der Waals surface area (Å²) in [6, 6.07) is 0. The molecule has 0 fully saturated rings. The van der Waals surface area contributed by atoms with Gasteiger partial charge in [-0.2, -0.15) is 0 Å². The number of carbonyl (C=O) groups is 1. The smallest absolute Gasteiger partial charge is 0.316 e. The third kappa shape index (κ3) is 7.52. The lowest BCUT2D eigenvalue weighted by molar-refractivity contribution is -0.170. The molecule has 0 aliphatic carbocycles. The molecule has 0 aliphatic heterocycles. The van der Waals surface area contributed by atoms with Crippen LogP contribution in [0.1, 0.15) is 82.1 Å². The van der Waals surface area contributed by atoms with Gasteiger partial charge in [-0.05, 0) is 60.8 Å². The summed E-state index contributed by atoms with van der Waals surface area (Å²) in [6.45, 7) is 20.9. The maximum absolute atomic E-state index is 12.8. The highest BCUT2D eigenvalue weighted by Crippen LogP contribution is 2.34. The highest BCUT2D eigenvalue weighted by Gasteiger charge is 2.39. The van der Waals surface area contributed by atoms with Crippen molar-refractivity contribution in [2.45, 2.75) is 93.3 Å². The van der Waals surface area contributed by atoms with Crippen molar-refractivity contribution in [2.75, 3.05) is 6.61 Å². The second-order valence-corrected chi connectivity index (χ2v) is 8.52. The Labute approximate surface area is 143 Å². The molecule has 136 valence electrons. The second-order valence-electron chi connectivity index (χ2n) is 8.52. The highest BCUT2D eigenvalue weighted by atomic mass is 16.6. The van der Waals surface area contributed by atoms with Crippen molar-refractivity contribution in [2.24, 2.45) is 11.3 Å². The molecule has 3 heteroatoms. The maximum Gasteiger partial charge on any atom is 0.316 e. The van der Waals surface area contributed by atoms with Gasteiger partial charge in [0.15, 0.2) is 0 Å². The number of hydrogen-bond donors (Lipinski definition) is 0. The van der Waals surface area contributed by atoms with Crippen LogP contribution >= 0.6 is 0 Å². The Morgan fingerprint density at radius 1 is 1.04 bits per heavy atom. The molecule has 3 nitrogen and oxygen atoms in total. The maximum atomic E-state index is 12.8. The molecule has 0 aromatic rings. The van der Waals surface area contributed by atoms with Gasteiger partial charge in [0.05, 0.1) is 17.6 Å². The fourth-order valence-corrected chi connectivity index (χ4v) is 2.15. The average Bonchev–Trinajstić information content (AvgIpc) is 2.36. The lowest BCUT2D eigenvalue weighted by Crippen LogP contribution is -2.40. The first kappa shape index (κ1) is 22.2. The number of hydrogen-bond acceptors (Lipinski definition) is 3. The first-order chi connectivity index (χ1) is 10.3. The van der Waals surface area contributed by atoms with Gasteiger partial charge in [-0.25, -0.2) is 0 Å². The fourth-order valence-electron chi connectivity index (χ4n) is 2.15. The molecule has 23 heavy (non-hydrogen) atoms. The van der Waals surface area contributed by atoms with Crippen molar-refractivity contribution in [1.29, 1.82) is 0 Å². The van der Waals surface area contributed by atoms with Crippen LogP contribution in [-0.2, 0) is 14.3 Å². The highest BCUT2D eigenvalue weighted by molar-refractivity contribution is 5.79. The Morgan fingerprint density at radius 2 is 1.57 bits per heavy atom. The van der Waals surface area contributed by atoms with E-state index in [1.807, 2.05) is 40.7 Å². The van der Waals surface area contributed by atoms with E-state index in [1.54, 1.807) is 0 Å². The van der Waals surface area contributed by atoms with Gasteiger partial charge in [-0.1, -0.05) is 32.4 Å². The first-order valence-corrected chi connectivity index (χ1v) is 8.79. The van der Waals surface area contributed by atoms with Gasteiger partial charge in [0.2, 0.25) is 0 Å². The molecule has 0 radical (unpaired) electrons. The Morgan fingerprint density at radius 3 is 1.96 bits per heavy atom. The van der Waals surface area contributed by atoms with Gasteiger partial charge in [0, 0.05) is 6.42 Å². The van der Waals surface area contributed by atoms with Crippen LogP contribution in [0.2, 0.25) is 0 Å². The molecular formula is C20H38O3. The zero-order chi connectivity index (χ0) is 18.5. The largest absolute Gasteiger partial charge is 0.459 e. The SMILES string of the molecule is CCC(C)(C)OCCC(C)(C)OC(=O)C(C)(C=C(C)C)C(C)C. The normalized spacial score (nSPS) is 15.3. The molecule has 1 unspecified atom stereocenters. The van der Waals surface area contributed by atoms with Crippen molar-refractivity contribution < 1.29 is 14.3 Å². The van der Waals surface area contributed by atoms with E-state index in [4.69, 9.17) is 9.47 Å². The predicted molar refractivity (Wildman–Crippen MR) is 97.5 cm³/mol. The molecule has 0 heterocycles. The van der Waals surface area contributed by atoms with E-state index in [2.05, 4.69) is 34.6 Å². The summed E-state index contributed by atoms with van der Waals surface area (Å²) >= 11 is 0. The Bertz CT molecular complexity index is 415. The Kier molecular flexibility index (Phi) is 8.02. The van der Waals surface area contributed by atoms with Crippen LogP contribution in [0, 0.1) is 11.3 Å². The molecule has 0 spiro atoms. The van der Waals surface area contributed by atoms with Gasteiger partial charge in [-0.3, -0.25) is 4.79 Å². The number of rotatable bonds is 9. The molecule has 0 aromatic heterocycles. The number of esters is 1. The molecule has 0 N–H and O–H groups in total. The quantitative estimate of drug-likeness (QED) is 0.412. The topological polar surface area (TPSA) is 35.5 Å². The van der Waals surface area contributed by atoms with E-state index in [0.717, 1.165) is 12.0 Å². The minimum absolute atomic E-state index is 0.130. The van der Waals surface area contributed by atoms with Crippen LogP contribution < -0.4 is 0 Å². The summed E-state index contributed by atoms with van der Waals surface area (Å²) in [7, 11) is 0.